The van der Waals surface area contributed by atoms with Crippen LogP contribution in [-0.2, 0) is 16.0 Å². The van der Waals surface area contributed by atoms with Crippen molar-refractivity contribution in [2.75, 3.05) is 20.6 Å². The van der Waals surface area contributed by atoms with Gasteiger partial charge in [0, 0.05) is 6.04 Å². The molecule has 24 heavy (non-hydrogen) atoms. The first-order valence-electron chi connectivity index (χ1n) is 7.55. The van der Waals surface area contributed by atoms with Crippen molar-refractivity contribution >= 4 is 21.4 Å². The van der Waals surface area contributed by atoms with Crippen LogP contribution in [0.2, 0.25) is 5.02 Å². The van der Waals surface area contributed by atoms with E-state index in [0.29, 0.717) is 19.0 Å². The van der Waals surface area contributed by atoms with Crippen LogP contribution in [0.25, 0.3) is 0 Å². The first kappa shape index (κ1) is 19.5. The fraction of sp³-hybridized carbons (Fsp3) is 0.600. The zero-order valence-corrected chi connectivity index (χ0v) is 15.0. The molecule has 2 rings (SSSR count). The van der Waals surface area contributed by atoms with Gasteiger partial charge in [-0.3, -0.25) is 4.90 Å². The topological polar surface area (TPSA) is 49.4 Å². The molecule has 2 unspecified atom stereocenters. The zero-order valence-electron chi connectivity index (χ0n) is 13.4. The zero-order chi connectivity index (χ0) is 18.1. The van der Waals surface area contributed by atoms with Crippen molar-refractivity contribution in [2.24, 2.45) is 0 Å². The lowest BCUT2D eigenvalue weighted by atomic mass is 10.0. The van der Waals surface area contributed by atoms with E-state index in [1.807, 2.05) is 0 Å². The summed E-state index contributed by atoms with van der Waals surface area (Å²) in [5, 5.41) is 1.88. The van der Waals surface area contributed by atoms with Crippen molar-refractivity contribution in [1.82, 2.24) is 10.2 Å². The Morgan fingerprint density at radius 1 is 1.29 bits per heavy atom. The van der Waals surface area contributed by atoms with Gasteiger partial charge in [0.15, 0.2) is 9.84 Å². The monoisotopic (exact) mass is 384 g/mol. The molecule has 9 heteroatoms. The molecular weight excluding hydrogens is 365 g/mol. The quantitative estimate of drug-likeness (QED) is 0.866. The third kappa shape index (κ3) is 4.04. The van der Waals surface area contributed by atoms with Crippen LogP contribution in [0.15, 0.2) is 23.1 Å². The van der Waals surface area contributed by atoms with Crippen LogP contribution in [0.5, 0.6) is 0 Å². The second-order valence-corrected chi connectivity index (χ2v) is 8.52. The van der Waals surface area contributed by atoms with Crippen LogP contribution >= 0.6 is 11.6 Å². The predicted octanol–water partition coefficient (Wildman–Crippen LogP) is 3.16. The molecule has 0 spiro atoms. The van der Waals surface area contributed by atoms with E-state index in [1.165, 1.54) is 0 Å². The highest BCUT2D eigenvalue weighted by molar-refractivity contribution is 7.92. The average Bonchev–Trinajstić information content (AvgIpc) is 2.46. The molecule has 1 aromatic carbocycles. The number of sulfone groups is 1. The molecule has 1 fully saturated rings. The average molecular weight is 385 g/mol. The van der Waals surface area contributed by atoms with Gasteiger partial charge in [-0.05, 0) is 51.7 Å². The van der Waals surface area contributed by atoms with Crippen molar-refractivity contribution in [3.8, 4) is 0 Å². The summed E-state index contributed by atoms with van der Waals surface area (Å²) < 4.78 is 64.3. The van der Waals surface area contributed by atoms with Crippen LogP contribution < -0.4 is 5.32 Å². The van der Waals surface area contributed by atoms with E-state index in [1.54, 1.807) is 19.0 Å². The van der Waals surface area contributed by atoms with Crippen molar-refractivity contribution in [3.05, 3.63) is 28.8 Å². The number of halogens is 4. The van der Waals surface area contributed by atoms with Crippen molar-refractivity contribution in [2.45, 2.75) is 41.7 Å². The summed E-state index contributed by atoms with van der Waals surface area (Å²) in [6.45, 7) is 0.714. The summed E-state index contributed by atoms with van der Waals surface area (Å²) in [5.41, 5.74) is -0.969. The molecule has 2 atom stereocenters. The molecule has 0 bridgehead atoms. The highest BCUT2D eigenvalue weighted by atomic mass is 35.5. The normalized spacial score (nSPS) is 21.0. The fourth-order valence-electron chi connectivity index (χ4n) is 3.01. The molecule has 1 saturated heterocycles. The minimum Gasteiger partial charge on any atom is -0.311 e. The number of alkyl halides is 3. The van der Waals surface area contributed by atoms with Crippen LogP contribution in [0, 0.1) is 0 Å². The maximum absolute atomic E-state index is 13.0. The Kier molecular flexibility index (Phi) is 5.84. The maximum Gasteiger partial charge on any atom is 0.416 e. The van der Waals surface area contributed by atoms with E-state index in [0.717, 1.165) is 25.0 Å². The van der Waals surface area contributed by atoms with Crippen molar-refractivity contribution in [1.29, 1.82) is 0 Å². The molecule has 1 heterocycles. The number of hydrogen-bond acceptors (Lipinski definition) is 4. The number of nitrogens with one attached hydrogen (secondary N) is 1. The summed E-state index contributed by atoms with van der Waals surface area (Å²) in [4.78, 5) is 1.29. The molecule has 1 aromatic rings. The Morgan fingerprint density at radius 3 is 2.42 bits per heavy atom. The third-order valence-electron chi connectivity index (χ3n) is 4.09. The second-order valence-electron chi connectivity index (χ2n) is 6.10. The lowest BCUT2D eigenvalue weighted by Crippen LogP contribution is -2.53. The molecule has 136 valence electrons. The van der Waals surface area contributed by atoms with Gasteiger partial charge in [0.1, 0.15) is 5.37 Å². The molecular formula is C15H20ClF3N2O2S. The third-order valence-corrected chi connectivity index (χ3v) is 6.87. The van der Waals surface area contributed by atoms with E-state index in [2.05, 4.69) is 5.32 Å². The summed E-state index contributed by atoms with van der Waals surface area (Å²) in [7, 11) is -0.658. The van der Waals surface area contributed by atoms with Gasteiger partial charge in [0.2, 0.25) is 0 Å². The summed E-state index contributed by atoms with van der Waals surface area (Å²) >= 11 is 5.89. The fourth-order valence-corrected chi connectivity index (χ4v) is 5.59. The van der Waals surface area contributed by atoms with Gasteiger partial charge in [0.25, 0.3) is 0 Å². The van der Waals surface area contributed by atoms with E-state index in [4.69, 9.17) is 11.6 Å². The van der Waals surface area contributed by atoms with Crippen LogP contribution in [-0.4, -0.2) is 45.4 Å². The second kappa shape index (κ2) is 7.19. The van der Waals surface area contributed by atoms with E-state index < -0.39 is 32.0 Å². The maximum atomic E-state index is 13.0. The Bertz CT molecular complexity index is 686. The molecule has 0 aliphatic carbocycles. The summed E-state index contributed by atoms with van der Waals surface area (Å²) in [5.74, 6) is 0. The molecule has 1 N–H and O–H groups in total. The Balaban J connectivity index is 2.43. The Morgan fingerprint density at radius 2 is 1.96 bits per heavy atom. The highest BCUT2D eigenvalue weighted by Crippen LogP contribution is 2.35. The first-order chi connectivity index (χ1) is 11.0. The highest BCUT2D eigenvalue weighted by Gasteiger charge is 2.39. The SMILES string of the molecule is CN(C)C(C1CCCCN1)S(=O)(=O)c1ccc(C(F)(F)F)cc1Cl. The number of likely N-dealkylation sites (N-methyl/N-ethyl adjacent to an activating group) is 1. The van der Waals surface area contributed by atoms with Gasteiger partial charge in [-0.25, -0.2) is 8.42 Å². The Hall–Kier alpha value is -0.830. The standard InChI is InChI=1S/C15H20ClF3N2O2S/c1-21(2)14(12-5-3-4-8-20-12)24(22,23)13-7-6-10(9-11(13)16)15(17,18)19/h6-7,9,12,14,20H,3-5,8H2,1-2H3. The van der Waals surface area contributed by atoms with Crippen LogP contribution in [0.4, 0.5) is 13.2 Å². The largest absolute Gasteiger partial charge is 0.416 e. The van der Waals surface area contributed by atoms with Crippen molar-refractivity contribution in [3.63, 3.8) is 0 Å². The smallest absolute Gasteiger partial charge is 0.311 e. The molecule has 0 radical (unpaired) electrons. The van der Waals surface area contributed by atoms with E-state index >= 15 is 0 Å². The van der Waals surface area contributed by atoms with Crippen LogP contribution in [0.1, 0.15) is 24.8 Å². The number of piperidine rings is 1. The Labute approximate surface area is 144 Å². The minimum atomic E-state index is -4.57. The predicted molar refractivity (Wildman–Crippen MR) is 86.8 cm³/mol. The number of benzene rings is 1. The van der Waals surface area contributed by atoms with Gasteiger partial charge in [-0.15, -0.1) is 0 Å². The van der Waals surface area contributed by atoms with E-state index in [9.17, 15) is 21.6 Å². The van der Waals surface area contributed by atoms with Gasteiger partial charge >= 0.3 is 6.18 Å². The number of hydrogen-bond donors (Lipinski definition) is 1. The van der Waals surface area contributed by atoms with Gasteiger partial charge < -0.3 is 5.32 Å². The lowest BCUT2D eigenvalue weighted by Gasteiger charge is -2.35. The lowest BCUT2D eigenvalue weighted by molar-refractivity contribution is -0.137. The minimum absolute atomic E-state index is 0.275. The number of nitrogens with zero attached hydrogens (tertiary/aromatic N) is 1. The van der Waals surface area contributed by atoms with E-state index in [-0.39, 0.29) is 10.9 Å². The molecule has 0 amide bonds. The van der Waals surface area contributed by atoms with Gasteiger partial charge in [-0.1, -0.05) is 18.0 Å². The van der Waals surface area contributed by atoms with Crippen molar-refractivity contribution < 1.29 is 21.6 Å². The van der Waals surface area contributed by atoms with Gasteiger partial charge in [-0.2, -0.15) is 13.2 Å². The summed E-state index contributed by atoms with van der Waals surface area (Å²) in [6.07, 6.45) is -2.02. The molecule has 1 aliphatic heterocycles. The van der Waals surface area contributed by atoms with Gasteiger partial charge in [0.05, 0.1) is 15.5 Å². The molecule has 0 saturated carbocycles. The summed E-state index contributed by atoms with van der Waals surface area (Å²) in [6, 6.07) is 2.06. The van der Waals surface area contributed by atoms with Crippen LogP contribution in [0.3, 0.4) is 0 Å². The number of rotatable bonds is 4. The molecule has 4 nitrogen and oxygen atoms in total. The first-order valence-corrected chi connectivity index (χ1v) is 9.48. The molecule has 1 aliphatic rings. The molecule has 0 aromatic heterocycles.